The van der Waals surface area contributed by atoms with E-state index in [0.717, 1.165) is 24.4 Å². The van der Waals surface area contributed by atoms with Gasteiger partial charge in [-0.3, -0.25) is 4.68 Å². The zero-order chi connectivity index (χ0) is 12.3. The van der Waals surface area contributed by atoms with Crippen LogP contribution < -0.4 is 5.32 Å². The molecule has 0 aliphatic rings. The van der Waals surface area contributed by atoms with Gasteiger partial charge in [-0.2, -0.15) is 5.10 Å². The highest BCUT2D eigenvalue weighted by molar-refractivity contribution is 5.22. The lowest BCUT2D eigenvalue weighted by molar-refractivity contribution is 0.498. The third kappa shape index (κ3) is 2.77. The predicted octanol–water partition coefficient (Wildman–Crippen LogP) is 2.21. The molecule has 1 unspecified atom stereocenters. The van der Waals surface area contributed by atoms with Gasteiger partial charge in [-0.25, -0.2) is 0 Å². The van der Waals surface area contributed by atoms with Crippen molar-refractivity contribution in [3.8, 4) is 0 Å². The Balaban J connectivity index is 2.15. The predicted molar refractivity (Wildman–Crippen MR) is 66.8 cm³/mol. The Hall–Kier alpha value is -1.55. The van der Waals surface area contributed by atoms with E-state index in [1.165, 1.54) is 5.56 Å². The van der Waals surface area contributed by atoms with Gasteiger partial charge in [0.2, 0.25) is 0 Å². The molecular formula is C13H19N3O. The number of rotatable bonds is 5. The molecular weight excluding hydrogens is 214 g/mol. The Bertz CT molecular complexity index is 472. The highest BCUT2D eigenvalue weighted by atomic mass is 16.3. The van der Waals surface area contributed by atoms with E-state index in [9.17, 15) is 0 Å². The molecule has 0 spiro atoms. The molecule has 0 bridgehead atoms. The first-order valence-corrected chi connectivity index (χ1v) is 5.96. The number of furan rings is 1. The van der Waals surface area contributed by atoms with Crippen molar-refractivity contribution in [2.75, 3.05) is 6.54 Å². The lowest BCUT2D eigenvalue weighted by Gasteiger charge is -2.16. The smallest absolute Gasteiger partial charge is 0.105 e. The van der Waals surface area contributed by atoms with Crippen LogP contribution in [0.3, 0.4) is 0 Å². The molecule has 2 aromatic heterocycles. The molecule has 1 N–H and O–H groups in total. The number of nitrogens with one attached hydrogen (secondary N) is 1. The van der Waals surface area contributed by atoms with Crippen LogP contribution >= 0.6 is 0 Å². The maximum Gasteiger partial charge on any atom is 0.105 e. The van der Waals surface area contributed by atoms with E-state index in [4.69, 9.17) is 4.42 Å². The second-order valence-corrected chi connectivity index (χ2v) is 4.23. The van der Waals surface area contributed by atoms with Gasteiger partial charge < -0.3 is 9.73 Å². The van der Waals surface area contributed by atoms with Crippen LogP contribution in [0, 0.1) is 6.92 Å². The minimum atomic E-state index is 0.272. The third-order valence-electron chi connectivity index (χ3n) is 2.91. The highest BCUT2D eigenvalue weighted by Gasteiger charge is 2.16. The van der Waals surface area contributed by atoms with Crippen molar-refractivity contribution in [1.29, 1.82) is 0 Å². The first-order chi connectivity index (χ1) is 8.20. The molecule has 0 fully saturated rings. The van der Waals surface area contributed by atoms with E-state index in [1.807, 2.05) is 30.9 Å². The summed E-state index contributed by atoms with van der Waals surface area (Å²) in [5, 5.41) is 7.89. The van der Waals surface area contributed by atoms with Crippen LogP contribution in [0.4, 0.5) is 0 Å². The van der Waals surface area contributed by atoms with Crippen molar-refractivity contribution in [2.45, 2.75) is 26.3 Å². The van der Waals surface area contributed by atoms with Gasteiger partial charge in [0.25, 0.3) is 0 Å². The van der Waals surface area contributed by atoms with Gasteiger partial charge in [-0.15, -0.1) is 0 Å². The van der Waals surface area contributed by atoms with Crippen LogP contribution in [-0.2, 0) is 13.5 Å². The molecule has 2 aromatic rings. The van der Waals surface area contributed by atoms with Gasteiger partial charge in [0, 0.05) is 31.3 Å². The topological polar surface area (TPSA) is 43.0 Å². The lowest BCUT2D eigenvalue weighted by Crippen LogP contribution is -2.23. The van der Waals surface area contributed by atoms with Crippen LogP contribution in [0.25, 0.3) is 0 Å². The Kier molecular flexibility index (Phi) is 3.64. The summed E-state index contributed by atoms with van der Waals surface area (Å²) in [6, 6.07) is 4.36. The Morgan fingerprint density at radius 3 is 2.82 bits per heavy atom. The second kappa shape index (κ2) is 5.19. The molecule has 2 heterocycles. The van der Waals surface area contributed by atoms with Crippen molar-refractivity contribution in [1.82, 2.24) is 15.1 Å². The molecule has 4 heteroatoms. The number of nitrogens with zero attached hydrogens (tertiary/aromatic N) is 2. The number of hydrogen-bond acceptors (Lipinski definition) is 3. The fourth-order valence-electron chi connectivity index (χ4n) is 2.08. The quantitative estimate of drug-likeness (QED) is 0.861. The fraction of sp³-hybridized carbons (Fsp3) is 0.462. The number of likely N-dealkylation sites (N-methyl/N-ethyl adjacent to an activating group) is 1. The molecule has 0 radical (unpaired) electrons. The summed E-state index contributed by atoms with van der Waals surface area (Å²) >= 11 is 0. The number of aryl methyl sites for hydroxylation is 2. The maximum absolute atomic E-state index is 5.37. The van der Waals surface area contributed by atoms with E-state index < -0.39 is 0 Å². The monoisotopic (exact) mass is 233 g/mol. The average molecular weight is 233 g/mol. The standard InChI is InChI=1S/C13H19N3O/c1-4-14-13(12-6-8-17-10(12)2)9-11-5-7-16(3)15-11/h5-8,13-14H,4,9H2,1-3H3. The summed E-state index contributed by atoms with van der Waals surface area (Å²) in [6.45, 7) is 5.04. The third-order valence-corrected chi connectivity index (χ3v) is 2.91. The Labute approximate surface area is 102 Å². The summed E-state index contributed by atoms with van der Waals surface area (Å²) in [4.78, 5) is 0. The summed E-state index contributed by atoms with van der Waals surface area (Å²) in [5.74, 6) is 0.979. The SMILES string of the molecule is CCNC(Cc1ccn(C)n1)c1ccoc1C. The summed E-state index contributed by atoms with van der Waals surface area (Å²) in [6.07, 6.45) is 4.60. The fourth-order valence-corrected chi connectivity index (χ4v) is 2.08. The van der Waals surface area contributed by atoms with Crippen molar-refractivity contribution < 1.29 is 4.42 Å². The van der Waals surface area contributed by atoms with Crippen LogP contribution in [0.1, 0.15) is 30.0 Å². The van der Waals surface area contributed by atoms with Gasteiger partial charge >= 0.3 is 0 Å². The van der Waals surface area contributed by atoms with Crippen molar-refractivity contribution in [2.24, 2.45) is 7.05 Å². The van der Waals surface area contributed by atoms with Gasteiger partial charge in [0.05, 0.1) is 12.0 Å². The molecule has 4 nitrogen and oxygen atoms in total. The zero-order valence-corrected chi connectivity index (χ0v) is 10.6. The van der Waals surface area contributed by atoms with Crippen molar-refractivity contribution in [3.63, 3.8) is 0 Å². The molecule has 0 aromatic carbocycles. The second-order valence-electron chi connectivity index (χ2n) is 4.23. The lowest BCUT2D eigenvalue weighted by atomic mass is 10.0. The van der Waals surface area contributed by atoms with Crippen LogP contribution in [0.5, 0.6) is 0 Å². The Morgan fingerprint density at radius 1 is 1.47 bits per heavy atom. The zero-order valence-electron chi connectivity index (χ0n) is 10.6. The van der Waals surface area contributed by atoms with Crippen LogP contribution in [-0.4, -0.2) is 16.3 Å². The van der Waals surface area contributed by atoms with E-state index in [-0.39, 0.29) is 6.04 Å². The largest absolute Gasteiger partial charge is 0.469 e. The minimum Gasteiger partial charge on any atom is -0.469 e. The summed E-state index contributed by atoms with van der Waals surface area (Å²) < 4.78 is 7.20. The molecule has 1 atom stereocenters. The highest BCUT2D eigenvalue weighted by Crippen LogP contribution is 2.21. The van der Waals surface area contributed by atoms with Gasteiger partial charge in [-0.1, -0.05) is 6.92 Å². The molecule has 0 saturated carbocycles. The Morgan fingerprint density at radius 2 is 2.29 bits per heavy atom. The van der Waals surface area contributed by atoms with E-state index in [0.29, 0.717) is 0 Å². The van der Waals surface area contributed by atoms with E-state index in [1.54, 1.807) is 6.26 Å². The van der Waals surface area contributed by atoms with Crippen LogP contribution in [0.2, 0.25) is 0 Å². The van der Waals surface area contributed by atoms with E-state index in [2.05, 4.69) is 23.4 Å². The summed E-state index contributed by atoms with van der Waals surface area (Å²) in [7, 11) is 1.94. The maximum atomic E-state index is 5.37. The molecule has 2 rings (SSSR count). The van der Waals surface area contributed by atoms with Gasteiger partial charge in [0.1, 0.15) is 5.76 Å². The number of hydrogen-bond donors (Lipinski definition) is 1. The number of aromatic nitrogens is 2. The first-order valence-electron chi connectivity index (χ1n) is 5.96. The molecule has 0 aliphatic heterocycles. The van der Waals surface area contributed by atoms with Crippen molar-refractivity contribution in [3.05, 3.63) is 41.6 Å². The van der Waals surface area contributed by atoms with Gasteiger partial charge in [-0.05, 0) is 25.6 Å². The molecule has 0 amide bonds. The van der Waals surface area contributed by atoms with Gasteiger partial charge in [0.15, 0.2) is 0 Å². The first kappa shape index (κ1) is 11.9. The minimum absolute atomic E-state index is 0.272. The van der Waals surface area contributed by atoms with Crippen LogP contribution in [0.15, 0.2) is 29.0 Å². The molecule has 0 saturated heterocycles. The molecule has 17 heavy (non-hydrogen) atoms. The molecule has 92 valence electrons. The summed E-state index contributed by atoms with van der Waals surface area (Å²) in [5.41, 5.74) is 2.32. The average Bonchev–Trinajstić information content (AvgIpc) is 2.87. The molecule has 0 aliphatic carbocycles. The van der Waals surface area contributed by atoms with Crippen molar-refractivity contribution >= 4 is 0 Å². The van der Waals surface area contributed by atoms with E-state index >= 15 is 0 Å². The normalized spacial score (nSPS) is 12.9.